The predicted molar refractivity (Wildman–Crippen MR) is 54.6 cm³/mol. The first kappa shape index (κ1) is 11.7. The van der Waals surface area contributed by atoms with Gasteiger partial charge in [-0.3, -0.25) is 0 Å². The number of aliphatic carboxylic acids is 1. The highest BCUT2D eigenvalue weighted by Gasteiger charge is 2.29. The molecule has 4 heteroatoms. The molecule has 1 aromatic carbocycles. The Labute approximate surface area is 88.4 Å². The minimum absolute atomic E-state index is 0.589. The fourth-order valence-electron chi connectivity index (χ4n) is 1.43. The molecule has 0 unspecified atom stereocenters. The Bertz CT molecular complexity index is 310. The summed E-state index contributed by atoms with van der Waals surface area (Å²) >= 11 is 0. The van der Waals surface area contributed by atoms with E-state index in [0.29, 0.717) is 0 Å². The van der Waals surface area contributed by atoms with Crippen molar-refractivity contribution >= 4 is 5.97 Å². The minimum Gasteiger partial charge on any atom is -0.479 e. The van der Waals surface area contributed by atoms with Gasteiger partial charge in [0.05, 0.1) is 0 Å². The molecule has 0 radical (unpaired) electrons. The van der Waals surface area contributed by atoms with Crippen LogP contribution in [0.25, 0.3) is 0 Å². The number of carbonyl (C=O) groups is 1. The van der Waals surface area contributed by atoms with Crippen LogP contribution in [0.4, 0.5) is 0 Å². The molecule has 0 aliphatic carbocycles. The van der Waals surface area contributed by atoms with Crippen molar-refractivity contribution in [3.8, 4) is 0 Å². The number of methoxy groups -OCH3 is 2. The van der Waals surface area contributed by atoms with E-state index in [9.17, 15) is 4.79 Å². The number of ether oxygens (including phenoxy) is 2. The van der Waals surface area contributed by atoms with Crippen molar-refractivity contribution in [1.29, 1.82) is 0 Å². The van der Waals surface area contributed by atoms with E-state index in [1.54, 1.807) is 0 Å². The Morgan fingerprint density at radius 3 is 2.20 bits per heavy atom. The van der Waals surface area contributed by atoms with Gasteiger partial charge in [0.2, 0.25) is 0 Å². The third kappa shape index (κ3) is 2.78. The van der Waals surface area contributed by atoms with Crippen LogP contribution in [0.5, 0.6) is 0 Å². The SMILES string of the molecule is CO[C@H](C(=O)O)[C@H](OC)c1ccccc1. The molecule has 0 spiro atoms. The van der Waals surface area contributed by atoms with Crippen LogP contribution in [0, 0.1) is 0 Å². The first-order chi connectivity index (χ1) is 7.20. The molecule has 2 atom stereocenters. The molecule has 0 fully saturated rings. The molecule has 4 nitrogen and oxygen atoms in total. The van der Waals surface area contributed by atoms with E-state index in [4.69, 9.17) is 14.6 Å². The highest BCUT2D eigenvalue weighted by Crippen LogP contribution is 2.22. The van der Waals surface area contributed by atoms with Gasteiger partial charge in [-0.05, 0) is 5.56 Å². The molecule has 1 rings (SSSR count). The van der Waals surface area contributed by atoms with Crippen molar-refractivity contribution in [3.63, 3.8) is 0 Å². The molecule has 15 heavy (non-hydrogen) atoms. The predicted octanol–water partition coefficient (Wildman–Crippen LogP) is 1.47. The first-order valence-electron chi connectivity index (χ1n) is 4.54. The highest BCUT2D eigenvalue weighted by atomic mass is 16.5. The molecule has 1 aromatic rings. The number of hydrogen-bond acceptors (Lipinski definition) is 3. The van der Waals surface area contributed by atoms with Gasteiger partial charge in [-0.1, -0.05) is 30.3 Å². The molecule has 0 saturated carbocycles. The minimum atomic E-state index is -1.03. The third-order valence-electron chi connectivity index (χ3n) is 2.15. The fourth-order valence-corrected chi connectivity index (χ4v) is 1.43. The monoisotopic (exact) mass is 210 g/mol. The summed E-state index contributed by atoms with van der Waals surface area (Å²) < 4.78 is 10.0. The van der Waals surface area contributed by atoms with Crippen molar-refractivity contribution < 1.29 is 19.4 Å². The molecule has 0 aromatic heterocycles. The van der Waals surface area contributed by atoms with Gasteiger partial charge in [0.1, 0.15) is 6.10 Å². The summed E-state index contributed by atoms with van der Waals surface area (Å²) in [6.45, 7) is 0. The van der Waals surface area contributed by atoms with E-state index < -0.39 is 18.2 Å². The van der Waals surface area contributed by atoms with Crippen LogP contribution in [-0.4, -0.2) is 31.4 Å². The molecule has 0 amide bonds. The first-order valence-corrected chi connectivity index (χ1v) is 4.54. The van der Waals surface area contributed by atoms with Crippen molar-refractivity contribution in [2.45, 2.75) is 12.2 Å². The number of rotatable bonds is 5. The van der Waals surface area contributed by atoms with Crippen LogP contribution in [-0.2, 0) is 14.3 Å². The average molecular weight is 210 g/mol. The van der Waals surface area contributed by atoms with Crippen molar-refractivity contribution in [1.82, 2.24) is 0 Å². The summed E-state index contributed by atoms with van der Waals surface area (Å²) in [7, 11) is 2.82. The van der Waals surface area contributed by atoms with E-state index in [1.165, 1.54) is 14.2 Å². The van der Waals surface area contributed by atoms with E-state index in [0.717, 1.165) is 5.56 Å². The Balaban J connectivity index is 2.92. The summed E-state index contributed by atoms with van der Waals surface area (Å²) in [4.78, 5) is 10.9. The number of benzene rings is 1. The molecule has 82 valence electrons. The molecule has 0 bridgehead atoms. The lowest BCUT2D eigenvalue weighted by Gasteiger charge is -2.21. The van der Waals surface area contributed by atoms with E-state index >= 15 is 0 Å². The molecule has 0 aliphatic rings. The van der Waals surface area contributed by atoms with Gasteiger partial charge in [-0.25, -0.2) is 4.79 Å². The second-order valence-electron chi connectivity index (χ2n) is 3.06. The van der Waals surface area contributed by atoms with E-state index in [-0.39, 0.29) is 0 Å². The van der Waals surface area contributed by atoms with Crippen molar-refractivity contribution in [2.24, 2.45) is 0 Å². The summed E-state index contributed by atoms with van der Waals surface area (Å²) in [6.07, 6.45) is -1.58. The topological polar surface area (TPSA) is 55.8 Å². The number of carboxylic acid groups (broad SMARTS) is 1. The quantitative estimate of drug-likeness (QED) is 0.799. The van der Waals surface area contributed by atoms with E-state index in [1.807, 2.05) is 30.3 Å². The Hall–Kier alpha value is -1.39. The summed E-state index contributed by atoms with van der Waals surface area (Å²) in [5.41, 5.74) is 0.786. The highest BCUT2D eigenvalue weighted by molar-refractivity contribution is 5.73. The molecule has 0 saturated heterocycles. The smallest absolute Gasteiger partial charge is 0.335 e. The third-order valence-corrected chi connectivity index (χ3v) is 2.15. The number of carboxylic acids is 1. The molecule has 0 aliphatic heterocycles. The average Bonchev–Trinajstić information content (AvgIpc) is 2.26. The maximum Gasteiger partial charge on any atom is 0.335 e. The van der Waals surface area contributed by atoms with Gasteiger partial charge in [0.25, 0.3) is 0 Å². The Morgan fingerprint density at radius 1 is 1.20 bits per heavy atom. The Kier molecular flexibility index (Phi) is 4.27. The maximum atomic E-state index is 10.9. The maximum absolute atomic E-state index is 10.9. The summed E-state index contributed by atoms with van der Waals surface area (Å²) in [5.74, 6) is -1.03. The van der Waals surface area contributed by atoms with Gasteiger partial charge in [0, 0.05) is 14.2 Å². The lowest BCUT2D eigenvalue weighted by Crippen LogP contribution is -2.31. The van der Waals surface area contributed by atoms with Gasteiger partial charge in [0.15, 0.2) is 6.10 Å². The molecule has 0 heterocycles. The van der Waals surface area contributed by atoms with E-state index in [2.05, 4.69) is 0 Å². The van der Waals surface area contributed by atoms with Crippen LogP contribution in [0.3, 0.4) is 0 Å². The normalized spacial score (nSPS) is 14.5. The fraction of sp³-hybridized carbons (Fsp3) is 0.364. The molecule has 1 N–H and O–H groups in total. The zero-order valence-corrected chi connectivity index (χ0v) is 8.71. The van der Waals surface area contributed by atoms with Crippen molar-refractivity contribution in [2.75, 3.05) is 14.2 Å². The zero-order valence-electron chi connectivity index (χ0n) is 8.71. The van der Waals surface area contributed by atoms with Crippen LogP contribution < -0.4 is 0 Å². The largest absolute Gasteiger partial charge is 0.479 e. The van der Waals surface area contributed by atoms with Crippen LogP contribution in [0.1, 0.15) is 11.7 Å². The number of hydrogen-bond donors (Lipinski definition) is 1. The second-order valence-corrected chi connectivity index (χ2v) is 3.06. The summed E-state index contributed by atoms with van der Waals surface area (Å²) in [6, 6.07) is 9.14. The lowest BCUT2D eigenvalue weighted by molar-refractivity contribution is -0.157. The van der Waals surface area contributed by atoms with Crippen LogP contribution >= 0.6 is 0 Å². The lowest BCUT2D eigenvalue weighted by atomic mass is 10.0. The standard InChI is InChI=1S/C11H14O4/c1-14-9(10(15-2)11(12)13)8-6-4-3-5-7-8/h3-7,9-10H,1-2H3,(H,12,13)/t9-,10+/m1/s1. The summed E-state index contributed by atoms with van der Waals surface area (Å²) in [5, 5.41) is 8.93. The van der Waals surface area contributed by atoms with Crippen LogP contribution in [0.15, 0.2) is 30.3 Å². The molecular weight excluding hydrogens is 196 g/mol. The van der Waals surface area contributed by atoms with Gasteiger partial charge >= 0.3 is 5.97 Å². The van der Waals surface area contributed by atoms with Crippen molar-refractivity contribution in [3.05, 3.63) is 35.9 Å². The molecular formula is C11H14O4. The van der Waals surface area contributed by atoms with Crippen LogP contribution in [0.2, 0.25) is 0 Å². The van der Waals surface area contributed by atoms with Gasteiger partial charge in [-0.2, -0.15) is 0 Å². The Morgan fingerprint density at radius 2 is 1.80 bits per heavy atom. The second kappa shape index (κ2) is 5.48. The van der Waals surface area contributed by atoms with Gasteiger partial charge in [-0.15, -0.1) is 0 Å². The van der Waals surface area contributed by atoms with Gasteiger partial charge < -0.3 is 14.6 Å². The zero-order chi connectivity index (χ0) is 11.3.